The predicted octanol–water partition coefficient (Wildman–Crippen LogP) is 1.45. The molecular weight excluding hydrogens is 270 g/mol. The fraction of sp³-hybridized carbons (Fsp3) is 0.867. The topological polar surface area (TPSA) is 61.9 Å². The quantitative estimate of drug-likeness (QED) is 0.853. The molecule has 0 aromatic heterocycles. The third-order valence-corrected chi connectivity index (χ3v) is 3.41. The number of ether oxygens (including phenoxy) is 1. The van der Waals surface area contributed by atoms with Crippen molar-refractivity contribution in [2.75, 3.05) is 32.7 Å². The Labute approximate surface area is 127 Å². The van der Waals surface area contributed by atoms with Gasteiger partial charge in [-0.1, -0.05) is 6.92 Å². The van der Waals surface area contributed by atoms with Crippen LogP contribution in [-0.2, 0) is 9.53 Å². The third-order valence-electron chi connectivity index (χ3n) is 3.41. The third kappa shape index (κ3) is 6.80. The van der Waals surface area contributed by atoms with E-state index in [-0.39, 0.29) is 18.0 Å². The van der Waals surface area contributed by atoms with Crippen molar-refractivity contribution >= 4 is 12.0 Å². The lowest BCUT2D eigenvalue weighted by Crippen LogP contribution is -2.52. The van der Waals surface area contributed by atoms with Gasteiger partial charge in [-0.25, -0.2) is 4.79 Å². The first-order valence-corrected chi connectivity index (χ1v) is 7.71. The summed E-state index contributed by atoms with van der Waals surface area (Å²) in [5.41, 5.74) is -0.468. The summed E-state index contributed by atoms with van der Waals surface area (Å²) in [5, 5.41) is 2.96. The molecular formula is C15H29N3O3. The van der Waals surface area contributed by atoms with Gasteiger partial charge in [0.1, 0.15) is 5.60 Å². The first-order valence-electron chi connectivity index (χ1n) is 7.71. The first kappa shape index (κ1) is 17.8. The van der Waals surface area contributed by atoms with E-state index in [1.165, 1.54) is 0 Å². The maximum absolute atomic E-state index is 11.9. The number of hydrogen-bond acceptors (Lipinski definition) is 4. The summed E-state index contributed by atoms with van der Waals surface area (Å²) in [6.07, 6.45) is 0.657. The van der Waals surface area contributed by atoms with Gasteiger partial charge in [0, 0.05) is 32.2 Å². The minimum absolute atomic E-state index is 0.0510. The molecule has 1 fully saturated rings. The van der Waals surface area contributed by atoms with Crippen molar-refractivity contribution in [3.8, 4) is 0 Å². The van der Waals surface area contributed by atoms with Gasteiger partial charge in [0.15, 0.2) is 0 Å². The molecule has 0 saturated carbocycles. The van der Waals surface area contributed by atoms with Gasteiger partial charge in [0.2, 0.25) is 5.91 Å². The van der Waals surface area contributed by atoms with Crippen LogP contribution in [0.5, 0.6) is 0 Å². The van der Waals surface area contributed by atoms with E-state index in [1.54, 1.807) is 4.90 Å². The minimum Gasteiger partial charge on any atom is -0.444 e. The Balaban J connectivity index is 2.32. The Hall–Kier alpha value is -1.30. The first-order chi connectivity index (χ1) is 9.71. The van der Waals surface area contributed by atoms with Crippen molar-refractivity contribution in [3.63, 3.8) is 0 Å². The van der Waals surface area contributed by atoms with E-state index in [2.05, 4.69) is 10.2 Å². The Morgan fingerprint density at radius 2 is 1.76 bits per heavy atom. The van der Waals surface area contributed by atoms with Crippen LogP contribution in [0.2, 0.25) is 0 Å². The van der Waals surface area contributed by atoms with E-state index in [0.29, 0.717) is 32.7 Å². The molecule has 6 heteroatoms. The maximum atomic E-state index is 11.9. The number of hydrogen-bond donors (Lipinski definition) is 1. The number of nitrogens with zero attached hydrogens (tertiary/aromatic N) is 2. The molecule has 1 heterocycles. The second kappa shape index (κ2) is 7.64. The normalized spacial score (nSPS) is 18.2. The van der Waals surface area contributed by atoms with Crippen LogP contribution in [0, 0.1) is 0 Å². The zero-order chi connectivity index (χ0) is 16.0. The summed E-state index contributed by atoms with van der Waals surface area (Å²) in [7, 11) is 0. The van der Waals surface area contributed by atoms with Crippen molar-refractivity contribution in [2.24, 2.45) is 0 Å². The summed E-state index contributed by atoms with van der Waals surface area (Å²) >= 11 is 0. The zero-order valence-corrected chi connectivity index (χ0v) is 13.9. The van der Waals surface area contributed by atoms with E-state index >= 15 is 0 Å². The van der Waals surface area contributed by atoms with E-state index in [9.17, 15) is 9.59 Å². The van der Waals surface area contributed by atoms with Gasteiger partial charge >= 0.3 is 6.09 Å². The number of piperazine rings is 1. The summed E-state index contributed by atoms with van der Waals surface area (Å²) in [6.45, 7) is 12.6. The van der Waals surface area contributed by atoms with Crippen LogP contribution < -0.4 is 5.32 Å². The van der Waals surface area contributed by atoms with Crippen molar-refractivity contribution in [2.45, 2.75) is 52.7 Å². The standard InChI is InChI=1S/C15H29N3O3/c1-6-12(2)16-13(19)11-17-7-9-18(10-8-17)14(20)21-15(3,4)5/h12H,6-11H2,1-5H3,(H,16,19)/t12-/m0/s1. The van der Waals surface area contributed by atoms with Gasteiger partial charge in [0.25, 0.3) is 0 Å². The second-order valence-electron chi connectivity index (χ2n) is 6.62. The largest absolute Gasteiger partial charge is 0.444 e. The predicted molar refractivity (Wildman–Crippen MR) is 82.1 cm³/mol. The minimum atomic E-state index is -0.468. The van der Waals surface area contributed by atoms with E-state index in [1.807, 2.05) is 34.6 Å². The SMILES string of the molecule is CC[C@H](C)NC(=O)CN1CCN(C(=O)OC(C)(C)C)CC1. The average Bonchev–Trinajstić information content (AvgIpc) is 2.37. The highest BCUT2D eigenvalue weighted by atomic mass is 16.6. The lowest BCUT2D eigenvalue weighted by molar-refractivity contribution is -0.123. The lowest BCUT2D eigenvalue weighted by Gasteiger charge is -2.35. The summed E-state index contributed by atoms with van der Waals surface area (Å²) < 4.78 is 5.35. The van der Waals surface area contributed by atoms with Crippen molar-refractivity contribution in [1.29, 1.82) is 0 Å². The fourth-order valence-corrected chi connectivity index (χ4v) is 2.04. The Morgan fingerprint density at radius 1 is 1.19 bits per heavy atom. The monoisotopic (exact) mass is 299 g/mol. The van der Waals surface area contributed by atoms with Crippen LogP contribution in [-0.4, -0.2) is 66.2 Å². The highest BCUT2D eigenvalue weighted by molar-refractivity contribution is 5.78. The number of rotatable bonds is 4. The molecule has 1 rings (SSSR count). The smallest absolute Gasteiger partial charge is 0.410 e. The molecule has 1 atom stereocenters. The van der Waals surface area contributed by atoms with Crippen molar-refractivity contribution in [3.05, 3.63) is 0 Å². The Kier molecular flexibility index (Phi) is 6.45. The summed E-state index contributed by atoms with van der Waals surface area (Å²) in [6, 6.07) is 0.209. The van der Waals surface area contributed by atoms with E-state index in [0.717, 1.165) is 6.42 Å². The molecule has 21 heavy (non-hydrogen) atoms. The second-order valence-corrected chi connectivity index (χ2v) is 6.62. The molecule has 0 unspecified atom stereocenters. The van der Waals surface area contributed by atoms with Gasteiger partial charge in [-0.05, 0) is 34.1 Å². The molecule has 6 nitrogen and oxygen atoms in total. The van der Waals surface area contributed by atoms with Crippen LogP contribution in [0.3, 0.4) is 0 Å². The Bertz CT molecular complexity index is 358. The zero-order valence-electron chi connectivity index (χ0n) is 13.9. The molecule has 2 amide bonds. The van der Waals surface area contributed by atoms with Crippen LogP contribution in [0.1, 0.15) is 41.0 Å². The van der Waals surface area contributed by atoms with Gasteiger partial charge in [-0.15, -0.1) is 0 Å². The van der Waals surface area contributed by atoms with Gasteiger partial charge in [-0.2, -0.15) is 0 Å². The number of amides is 2. The maximum Gasteiger partial charge on any atom is 0.410 e. The number of carbonyl (C=O) groups is 2. The molecule has 0 aromatic rings. The van der Waals surface area contributed by atoms with Crippen LogP contribution >= 0.6 is 0 Å². The highest BCUT2D eigenvalue weighted by Crippen LogP contribution is 2.11. The molecule has 1 N–H and O–H groups in total. The molecule has 1 aliphatic rings. The van der Waals surface area contributed by atoms with Gasteiger partial charge in [0.05, 0.1) is 6.54 Å². The molecule has 0 radical (unpaired) electrons. The van der Waals surface area contributed by atoms with Crippen LogP contribution in [0.15, 0.2) is 0 Å². The summed E-state index contributed by atoms with van der Waals surface area (Å²) in [4.78, 5) is 27.5. The van der Waals surface area contributed by atoms with Gasteiger partial charge < -0.3 is 15.0 Å². The van der Waals surface area contributed by atoms with E-state index < -0.39 is 5.60 Å². The summed E-state index contributed by atoms with van der Waals surface area (Å²) in [5.74, 6) is 0.0510. The Morgan fingerprint density at radius 3 is 2.24 bits per heavy atom. The van der Waals surface area contributed by atoms with Crippen molar-refractivity contribution < 1.29 is 14.3 Å². The molecule has 0 bridgehead atoms. The molecule has 0 aromatic carbocycles. The number of nitrogens with one attached hydrogen (secondary N) is 1. The fourth-order valence-electron chi connectivity index (χ4n) is 2.04. The number of carbonyl (C=O) groups excluding carboxylic acids is 2. The molecule has 1 saturated heterocycles. The molecule has 122 valence electrons. The molecule has 0 spiro atoms. The van der Waals surface area contributed by atoms with Gasteiger partial charge in [-0.3, -0.25) is 9.69 Å². The van der Waals surface area contributed by atoms with Crippen LogP contribution in [0.25, 0.3) is 0 Å². The van der Waals surface area contributed by atoms with Crippen LogP contribution in [0.4, 0.5) is 4.79 Å². The highest BCUT2D eigenvalue weighted by Gasteiger charge is 2.26. The van der Waals surface area contributed by atoms with Crippen molar-refractivity contribution in [1.82, 2.24) is 15.1 Å². The molecule has 1 aliphatic heterocycles. The lowest BCUT2D eigenvalue weighted by atomic mass is 10.2. The van der Waals surface area contributed by atoms with E-state index in [4.69, 9.17) is 4.74 Å². The molecule has 0 aliphatic carbocycles. The average molecular weight is 299 g/mol.